The first kappa shape index (κ1) is 36.0. The van der Waals surface area contributed by atoms with Crippen molar-refractivity contribution in [3.63, 3.8) is 0 Å². The third-order valence-corrected chi connectivity index (χ3v) is 5.64. The zero-order valence-corrected chi connectivity index (χ0v) is 18.1. The maximum Gasteiger partial charge on any atom is 0.0573 e. The van der Waals surface area contributed by atoms with E-state index in [-0.39, 0.29) is 29.7 Å². The molecule has 2 heteroatoms. The predicted molar refractivity (Wildman–Crippen MR) is 145 cm³/mol. The first-order valence-corrected chi connectivity index (χ1v) is 10.7. The minimum Gasteiger partial charge on any atom is -0.164 e. The van der Waals surface area contributed by atoms with E-state index in [9.17, 15) is 0 Å². The van der Waals surface area contributed by atoms with Crippen LogP contribution in [0, 0.1) is 27.7 Å². The minimum atomic E-state index is 0. The molecule has 0 aliphatic carbocycles. The van der Waals surface area contributed by atoms with Gasteiger partial charge in [0.05, 0.1) is 6.21 Å². The maximum absolute atomic E-state index is 4.32. The predicted octanol–water partition coefficient (Wildman–Crippen LogP) is 9.96. The average molecular weight is 421 g/mol. The Kier molecular flexibility index (Phi) is 25.0. The van der Waals surface area contributed by atoms with E-state index >= 15 is 0 Å². The van der Waals surface area contributed by atoms with Gasteiger partial charge in [0.25, 0.3) is 0 Å². The smallest absolute Gasteiger partial charge is 0.0573 e. The van der Waals surface area contributed by atoms with E-state index in [0.717, 1.165) is 6.42 Å². The number of hydrogen-bond donors (Lipinski definition) is 0. The highest BCUT2D eigenvalue weighted by molar-refractivity contribution is 5.85. The third-order valence-electron chi connectivity index (χ3n) is 5.64. The zero-order valence-electron chi connectivity index (χ0n) is 18.1. The van der Waals surface area contributed by atoms with Crippen molar-refractivity contribution in [3.8, 4) is 0 Å². The van der Waals surface area contributed by atoms with Crippen molar-refractivity contribution in [1.29, 1.82) is 0 Å². The molecule has 0 atom stereocenters. The topological polar surface area (TPSA) is 24.7 Å². The summed E-state index contributed by atoms with van der Waals surface area (Å²) in [6.45, 7) is 13.5. The van der Waals surface area contributed by atoms with Gasteiger partial charge in [-0.1, -0.05) is 82.1 Å². The van der Waals surface area contributed by atoms with Gasteiger partial charge < -0.3 is 0 Å². The van der Waals surface area contributed by atoms with Gasteiger partial charge in [0.2, 0.25) is 0 Å². The Balaban J connectivity index is -0.000000845. The molecule has 0 saturated carbocycles. The van der Waals surface area contributed by atoms with Crippen LogP contribution in [0.5, 0.6) is 0 Å². The normalized spacial score (nSPS) is 10.3. The van der Waals surface area contributed by atoms with Crippen LogP contribution >= 0.6 is 0 Å². The molecule has 0 aromatic heterocycles. The summed E-state index contributed by atoms with van der Waals surface area (Å²) in [6, 6.07) is 0. The van der Waals surface area contributed by atoms with Crippen LogP contribution in [0.25, 0.3) is 0 Å². The molecule has 30 heavy (non-hydrogen) atoms. The van der Waals surface area contributed by atoms with Gasteiger partial charge in [0, 0.05) is 11.8 Å². The summed E-state index contributed by atoms with van der Waals surface area (Å²) < 4.78 is 0. The SMILES string of the molecule is C.C.C.C.CCCCCC/C=N/N=C/c1c(C)c(C)c(CCCCCC)c(C)c1C. The average Bonchev–Trinajstić information content (AvgIpc) is 2.64. The van der Waals surface area contributed by atoms with Crippen molar-refractivity contribution in [2.45, 2.75) is 135 Å². The van der Waals surface area contributed by atoms with E-state index in [2.05, 4.69) is 51.7 Å². The third kappa shape index (κ3) is 11.7. The second kappa shape index (κ2) is 20.8. The van der Waals surface area contributed by atoms with Gasteiger partial charge in [-0.15, -0.1) is 0 Å². The first-order chi connectivity index (χ1) is 12.5. The lowest BCUT2D eigenvalue weighted by atomic mass is 9.87. The van der Waals surface area contributed by atoms with Crippen molar-refractivity contribution >= 4 is 12.4 Å². The van der Waals surface area contributed by atoms with E-state index in [1.807, 2.05) is 12.4 Å². The number of rotatable bonds is 12. The Morgan fingerprint density at radius 2 is 1.10 bits per heavy atom. The van der Waals surface area contributed by atoms with Crippen LogP contribution in [-0.2, 0) is 6.42 Å². The number of benzene rings is 1. The lowest BCUT2D eigenvalue weighted by Crippen LogP contribution is -2.05. The van der Waals surface area contributed by atoms with Crippen LogP contribution in [0.15, 0.2) is 10.2 Å². The van der Waals surface area contributed by atoms with Crippen molar-refractivity contribution < 1.29 is 0 Å². The second-order valence-corrected chi connectivity index (χ2v) is 7.59. The monoisotopic (exact) mass is 420 g/mol. The maximum atomic E-state index is 4.32. The molecular weight excluding hydrogens is 364 g/mol. The van der Waals surface area contributed by atoms with Crippen LogP contribution in [0.4, 0.5) is 0 Å². The van der Waals surface area contributed by atoms with Crippen LogP contribution < -0.4 is 0 Å². The molecule has 0 aliphatic heterocycles. The second-order valence-electron chi connectivity index (χ2n) is 7.59. The molecule has 0 fully saturated rings. The molecule has 0 amide bonds. The Labute approximate surface area is 191 Å². The highest BCUT2D eigenvalue weighted by Gasteiger charge is 2.13. The Morgan fingerprint density at radius 3 is 1.60 bits per heavy atom. The quantitative estimate of drug-likeness (QED) is 0.182. The summed E-state index contributed by atoms with van der Waals surface area (Å²) >= 11 is 0. The number of hydrogen-bond acceptors (Lipinski definition) is 2. The fraction of sp³-hybridized carbons (Fsp3) is 0.714. The Hall–Kier alpha value is -1.44. The summed E-state index contributed by atoms with van der Waals surface area (Å²) in [5, 5.41) is 8.57. The molecule has 0 spiro atoms. The van der Waals surface area contributed by atoms with Crippen molar-refractivity contribution in [2.75, 3.05) is 0 Å². The van der Waals surface area contributed by atoms with Gasteiger partial charge in [0.1, 0.15) is 0 Å². The molecular formula is C28H56N2. The highest BCUT2D eigenvalue weighted by atomic mass is 15.2. The van der Waals surface area contributed by atoms with Gasteiger partial charge in [-0.25, -0.2) is 0 Å². The van der Waals surface area contributed by atoms with Crippen LogP contribution in [0.2, 0.25) is 0 Å². The van der Waals surface area contributed by atoms with Crippen LogP contribution in [0.1, 0.15) is 135 Å². The van der Waals surface area contributed by atoms with E-state index in [1.54, 1.807) is 5.56 Å². The largest absolute Gasteiger partial charge is 0.164 e. The van der Waals surface area contributed by atoms with Crippen molar-refractivity contribution in [2.24, 2.45) is 10.2 Å². The Bertz CT molecular complexity index is 568. The highest BCUT2D eigenvalue weighted by Crippen LogP contribution is 2.27. The lowest BCUT2D eigenvalue weighted by Gasteiger charge is -2.18. The minimum absolute atomic E-state index is 0. The van der Waals surface area contributed by atoms with Gasteiger partial charge in [0.15, 0.2) is 0 Å². The molecule has 0 radical (unpaired) electrons. The fourth-order valence-electron chi connectivity index (χ4n) is 3.57. The molecule has 1 rings (SSSR count). The lowest BCUT2D eigenvalue weighted by molar-refractivity contribution is 0.664. The molecule has 178 valence electrons. The molecule has 0 bridgehead atoms. The standard InChI is InChI=1S/C24H40N2.4CH4/c1-7-9-11-13-15-17-25-26-18-24-21(5)19(3)23(20(4)22(24)6)16-14-12-10-8-2;;;;/h17-18H,7-16H2,1-6H3;4*1H4/b25-17+,26-18+;;;;. The molecule has 0 aliphatic rings. The number of nitrogens with zero attached hydrogens (tertiary/aromatic N) is 2. The molecule has 0 heterocycles. The van der Waals surface area contributed by atoms with Gasteiger partial charge >= 0.3 is 0 Å². The Morgan fingerprint density at radius 1 is 0.600 bits per heavy atom. The van der Waals surface area contributed by atoms with Gasteiger partial charge in [-0.3, -0.25) is 0 Å². The van der Waals surface area contributed by atoms with Gasteiger partial charge in [-0.05, 0) is 81.2 Å². The first-order valence-electron chi connectivity index (χ1n) is 10.7. The molecule has 0 N–H and O–H groups in total. The number of unbranched alkanes of at least 4 members (excludes halogenated alkanes) is 7. The van der Waals surface area contributed by atoms with E-state index in [0.29, 0.717) is 0 Å². The summed E-state index contributed by atoms with van der Waals surface area (Å²) in [4.78, 5) is 0. The summed E-state index contributed by atoms with van der Waals surface area (Å²) in [5.41, 5.74) is 8.40. The zero-order chi connectivity index (χ0) is 19.4. The summed E-state index contributed by atoms with van der Waals surface area (Å²) in [6.07, 6.45) is 16.5. The van der Waals surface area contributed by atoms with E-state index in [4.69, 9.17) is 0 Å². The van der Waals surface area contributed by atoms with Crippen molar-refractivity contribution in [1.82, 2.24) is 0 Å². The molecule has 1 aromatic carbocycles. The van der Waals surface area contributed by atoms with Crippen LogP contribution in [0.3, 0.4) is 0 Å². The molecule has 1 aromatic rings. The van der Waals surface area contributed by atoms with E-state index in [1.165, 1.54) is 85.6 Å². The summed E-state index contributed by atoms with van der Waals surface area (Å²) in [7, 11) is 0. The molecule has 0 saturated heterocycles. The van der Waals surface area contributed by atoms with E-state index < -0.39 is 0 Å². The molecule has 0 unspecified atom stereocenters. The van der Waals surface area contributed by atoms with Crippen LogP contribution in [-0.4, -0.2) is 12.4 Å². The van der Waals surface area contributed by atoms with Crippen molar-refractivity contribution in [3.05, 3.63) is 33.4 Å². The van der Waals surface area contributed by atoms with Gasteiger partial charge in [-0.2, -0.15) is 10.2 Å². The summed E-state index contributed by atoms with van der Waals surface area (Å²) in [5.74, 6) is 0. The fourth-order valence-corrected chi connectivity index (χ4v) is 3.57. The molecule has 2 nitrogen and oxygen atoms in total.